The number of nitrogens with zero attached hydrogens (tertiary/aromatic N) is 2. The largest absolute Gasteiger partial charge is 0.481 e. The lowest BCUT2D eigenvalue weighted by atomic mass is 9.95. The van der Waals surface area contributed by atoms with Crippen LogP contribution in [0, 0.1) is 5.92 Å². The summed E-state index contributed by atoms with van der Waals surface area (Å²) in [7, 11) is 0. The molecule has 5 nitrogen and oxygen atoms in total. The topological polar surface area (TPSA) is 66.6 Å². The average Bonchev–Trinajstić information content (AvgIpc) is 3.08. The number of piperidine rings is 1. The van der Waals surface area contributed by atoms with Crippen molar-refractivity contribution >= 4 is 17.3 Å². The number of thiophene rings is 1. The Morgan fingerprint density at radius 2 is 2.48 bits per heavy atom. The van der Waals surface area contributed by atoms with Gasteiger partial charge in [-0.25, -0.2) is 0 Å². The summed E-state index contributed by atoms with van der Waals surface area (Å²) in [6.07, 6.45) is 2.31. The quantitative estimate of drug-likeness (QED) is 0.919. The summed E-state index contributed by atoms with van der Waals surface area (Å²) < 4.78 is 5.38. The molecule has 1 aliphatic rings. The smallest absolute Gasteiger partial charge is 0.303 e. The molecule has 0 radical (unpaired) electrons. The highest BCUT2D eigenvalue weighted by Gasteiger charge is 2.23. The van der Waals surface area contributed by atoms with Crippen LogP contribution in [0.3, 0.4) is 0 Å². The lowest BCUT2D eigenvalue weighted by Crippen LogP contribution is -2.35. The van der Waals surface area contributed by atoms with Gasteiger partial charge in [0.1, 0.15) is 0 Å². The zero-order valence-corrected chi connectivity index (χ0v) is 12.5. The van der Waals surface area contributed by atoms with Crippen molar-refractivity contribution in [3.63, 3.8) is 0 Å². The number of carboxylic acids is 1. The molecule has 21 heavy (non-hydrogen) atoms. The molecule has 2 aromatic rings. The number of aromatic nitrogens is 1. The van der Waals surface area contributed by atoms with Gasteiger partial charge in [0, 0.05) is 25.6 Å². The van der Waals surface area contributed by atoms with Crippen LogP contribution < -0.4 is 0 Å². The summed E-state index contributed by atoms with van der Waals surface area (Å²) in [5, 5.41) is 15.0. The molecule has 1 fully saturated rings. The van der Waals surface area contributed by atoms with Crippen molar-refractivity contribution in [2.75, 3.05) is 13.1 Å². The molecule has 1 saturated heterocycles. The van der Waals surface area contributed by atoms with E-state index in [1.54, 1.807) is 11.3 Å². The summed E-state index contributed by atoms with van der Waals surface area (Å²) in [6, 6.07) is 5.98. The Morgan fingerprint density at radius 1 is 1.57 bits per heavy atom. The fraction of sp³-hybridized carbons (Fsp3) is 0.467. The first-order valence-electron chi connectivity index (χ1n) is 7.14. The molecule has 3 rings (SSSR count). The van der Waals surface area contributed by atoms with E-state index in [-0.39, 0.29) is 12.3 Å². The summed E-state index contributed by atoms with van der Waals surface area (Å²) in [5.41, 5.74) is 0.911. The maximum atomic E-state index is 10.8. The second-order valence-corrected chi connectivity index (χ2v) is 6.45. The van der Waals surface area contributed by atoms with Crippen LogP contribution in [0.15, 0.2) is 28.1 Å². The van der Waals surface area contributed by atoms with Crippen LogP contribution >= 0.6 is 11.3 Å². The van der Waals surface area contributed by atoms with Gasteiger partial charge in [0.05, 0.1) is 10.6 Å². The van der Waals surface area contributed by atoms with Crippen molar-refractivity contribution < 1.29 is 14.4 Å². The van der Waals surface area contributed by atoms with E-state index in [0.717, 1.165) is 48.8 Å². The Hall–Kier alpha value is -1.66. The van der Waals surface area contributed by atoms with E-state index >= 15 is 0 Å². The summed E-state index contributed by atoms with van der Waals surface area (Å²) in [5.74, 6) is 0.349. The SMILES string of the molecule is O=C(O)CC1CCCN(Cc2cc(-c3cccs3)on2)C1. The summed E-state index contributed by atoms with van der Waals surface area (Å²) in [6.45, 7) is 2.55. The second-order valence-electron chi connectivity index (χ2n) is 5.50. The number of hydrogen-bond acceptors (Lipinski definition) is 5. The molecule has 2 aromatic heterocycles. The lowest BCUT2D eigenvalue weighted by Gasteiger charge is -2.31. The molecule has 0 amide bonds. The van der Waals surface area contributed by atoms with E-state index in [1.165, 1.54) is 0 Å². The number of likely N-dealkylation sites (tertiary alicyclic amines) is 1. The third-order valence-electron chi connectivity index (χ3n) is 3.77. The number of hydrogen-bond donors (Lipinski definition) is 1. The molecular formula is C15H18N2O3S. The third-order valence-corrected chi connectivity index (χ3v) is 4.66. The molecule has 1 aliphatic heterocycles. The van der Waals surface area contributed by atoms with Crippen LogP contribution in [0.2, 0.25) is 0 Å². The van der Waals surface area contributed by atoms with E-state index in [9.17, 15) is 4.79 Å². The predicted octanol–water partition coefficient (Wildman–Crippen LogP) is 3.09. The Labute approximate surface area is 127 Å². The molecule has 6 heteroatoms. The molecule has 0 spiro atoms. The Balaban J connectivity index is 1.60. The molecule has 1 unspecified atom stereocenters. The molecule has 0 bridgehead atoms. The van der Waals surface area contributed by atoms with E-state index in [1.807, 2.05) is 23.6 Å². The number of rotatable bonds is 5. The summed E-state index contributed by atoms with van der Waals surface area (Å²) >= 11 is 1.63. The standard InChI is InChI=1S/C15H18N2O3S/c18-15(19)7-11-3-1-5-17(9-11)10-12-8-13(20-16-12)14-4-2-6-21-14/h2,4,6,8,11H,1,3,5,7,9-10H2,(H,18,19). The normalized spacial score (nSPS) is 19.7. The zero-order valence-electron chi connectivity index (χ0n) is 11.7. The molecule has 3 heterocycles. The van der Waals surface area contributed by atoms with Crippen LogP contribution in [0.25, 0.3) is 10.6 Å². The van der Waals surface area contributed by atoms with Gasteiger partial charge in [-0.3, -0.25) is 9.69 Å². The van der Waals surface area contributed by atoms with E-state index < -0.39 is 5.97 Å². The van der Waals surface area contributed by atoms with Crippen molar-refractivity contribution in [3.05, 3.63) is 29.3 Å². The van der Waals surface area contributed by atoms with Crippen molar-refractivity contribution in [3.8, 4) is 10.6 Å². The average molecular weight is 306 g/mol. The Morgan fingerprint density at radius 3 is 3.24 bits per heavy atom. The lowest BCUT2D eigenvalue weighted by molar-refractivity contribution is -0.138. The fourth-order valence-corrected chi connectivity index (χ4v) is 3.53. The van der Waals surface area contributed by atoms with Gasteiger partial charge in [0.15, 0.2) is 5.76 Å². The van der Waals surface area contributed by atoms with Crippen molar-refractivity contribution in [1.82, 2.24) is 10.1 Å². The Kier molecular flexibility index (Phi) is 4.36. The van der Waals surface area contributed by atoms with Gasteiger partial charge in [-0.2, -0.15) is 0 Å². The first-order valence-corrected chi connectivity index (χ1v) is 8.02. The molecular weight excluding hydrogens is 288 g/mol. The molecule has 0 aromatic carbocycles. The van der Waals surface area contributed by atoms with Gasteiger partial charge in [0.25, 0.3) is 0 Å². The first-order chi connectivity index (χ1) is 10.2. The number of carbonyl (C=O) groups is 1. The van der Waals surface area contributed by atoms with E-state index in [0.29, 0.717) is 0 Å². The summed E-state index contributed by atoms with van der Waals surface area (Å²) in [4.78, 5) is 14.2. The third kappa shape index (κ3) is 3.71. The van der Waals surface area contributed by atoms with Crippen LogP contribution in [0.5, 0.6) is 0 Å². The maximum Gasteiger partial charge on any atom is 0.303 e. The van der Waals surface area contributed by atoms with Gasteiger partial charge in [-0.15, -0.1) is 11.3 Å². The van der Waals surface area contributed by atoms with E-state index in [2.05, 4.69) is 10.1 Å². The van der Waals surface area contributed by atoms with Crippen molar-refractivity contribution in [2.24, 2.45) is 5.92 Å². The molecule has 0 aliphatic carbocycles. The number of aliphatic carboxylic acids is 1. The van der Waals surface area contributed by atoms with E-state index in [4.69, 9.17) is 9.63 Å². The zero-order chi connectivity index (χ0) is 14.7. The van der Waals surface area contributed by atoms with Gasteiger partial charge in [-0.05, 0) is 36.8 Å². The highest BCUT2D eigenvalue weighted by Crippen LogP contribution is 2.26. The van der Waals surface area contributed by atoms with Crippen LogP contribution in [-0.2, 0) is 11.3 Å². The fourth-order valence-electron chi connectivity index (χ4n) is 2.86. The van der Waals surface area contributed by atoms with Gasteiger partial charge >= 0.3 is 5.97 Å². The molecule has 1 N–H and O–H groups in total. The second kappa shape index (κ2) is 6.41. The highest BCUT2D eigenvalue weighted by molar-refractivity contribution is 7.13. The minimum atomic E-state index is -0.705. The highest BCUT2D eigenvalue weighted by atomic mass is 32.1. The van der Waals surface area contributed by atoms with Gasteiger partial charge in [-0.1, -0.05) is 11.2 Å². The minimum absolute atomic E-state index is 0.250. The maximum absolute atomic E-state index is 10.8. The minimum Gasteiger partial charge on any atom is -0.481 e. The predicted molar refractivity (Wildman–Crippen MR) is 80.1 cm³/mol. The van der Waals surface area contributed by atoms with Crippen LogP contribution in [0.1, 0.15) is 25.0 Å². The molecule has 1 atom stereocenters. The van der Waals surface area contributed by atoms with Crippen molar-refractivity contribution in [2.45, 2.75) is 25.8 Å². The van der Waals surface area contributed by atoms with Crippen LogP contribution in [0.4, 0.5) is 0 Å². The number of carboxylic acid groups (broad SMARTS) is 1. The molecule has 0 saturated carbocycles. The van der Waals surface area contributed by atoms with Gasteiger partial charge in [0.2, 0.25) is 0 Å². The first kappa shape index (κ1) is 14.3. The van der Waals surface area contributed by atoms with Crippen LogP contribution in [-0.4, -0.2) is 34.2 Å². The monoisotopic (exact) mass is 306 g/mol. The van der Waals surface area contributed by atoms with Crippen molar-refractivity contribution in [1.29, 1.82) is 0 Å². The molecule has 112 valence electrons. The van der Waals surface area contributed by atoms with Gasteiger partial charge < -0.3 is 9.63 Å². The Bertz CT molecular complexity index is 594.